The van der Waals surface area contributed by atoms with E-state index in [0.717, 1.165) is 13.1 Å². The molecule has 0 unspecified atom stereocenters. The minimum absolute atomic E-state index is 0.0640. The lowest BCUT2D eigenvalue weighted by atomic mass is 10.2. The van der Waals surface area contributed by atoms with Crippen LogP contribution in [0.3, 0.4) is 0 Å². The molecule has 1 N–H and O–H groups in total. The largest absolute Gasteiger partial charge is 0.507 e. The van der Waals surface area contributed by atoms with Crippen LogP contribution in [-0.4, -0.2) is 28.3 Å². The molecule has 5 nitrogen and oxygen atoms in total. The molecule has 0 aliphatic carbocycles. The van der Waals surface area contributed by atoms with Crippen molar-refractivity contribution in [2.75, 3.05) is 18.0 Å². The highest BCUT2D eigenvalue weighted by Gasteiger charge is 2.15. The van der Waals surface area contributed by atoms with Crippen LogP contribution in [0.1, 0.15) is 13.8 Å². The monoisotopic (exact) mass is 267 g/mol. The third-order valence-corrected chi connectivity index (χ3v) is 2.89. The lowest BCUT2D eigenvalue weighted by Gasteiger charge is -2.14. The highest BCUT2D eigenvalue weighted by atomic mass is 35.5. The molecule has 0 aliphatic heterocycles. The molecule has 0 atom stereocenters. The summed E-state index contributed by atoms with van der Waals surface area (Å²) in [6, 6.07) is 4.69. The molecule has 0 saturated carbocycles. The summed E-state index contributed by atoms with van der Waals surface area (Å²) in [5.41, 5.74) is 0.438. The summed E-state index contributed by atoms with van der Waals surface area (Å²) in [6.07, 6.45) is 0. The highest BCUT2D eigenvalue weighted by Crippen LogP contribution is 2.31. The summed E-state index contributed by atoms with van der Waals surface area (Å²) in [7, 11) is 0. The van der Waals surface area contributed by atoms with Gasteiger partial charge in [-0.15, -0.1) is 0 Å². The van der Waals surface area contributed by atoms with Crippen LogP contribution in [0.4, 0.5) is 5.95 Å². The predicted octanol–water partition coefficient (Wildman–Crippen LogP) is 2.94. The molecule has 96 valence electrons. The van der Waals surface area contributed by atoms with Gasteiger partial charge in [0, 0.05) is 18.1 Å². The van der Waals surface area contributed by atoms with Gasteiger partial charge in [-0.2, -0.15) is 4.98 Å². The number of aromatic hydroxyl groups is 1. The van der Waals surface area contributed by atoms with E-state index in [1.165, 1.54) is 6.07 Å². The molecule has 0 aliphatic rings. The minimum Gasteiger partial charge on any atom is -0.507 e. The maximum absolute atomic E-state index is 9.75. The van der Waals surface area contributed by atoms with E-state index in [1.54, 1.807) is 12.1 Å². The Balaban J connectivity index is 2.37. The molecule has 2 aromatic rings. The van der Waals surface area contributed by atoms with E-state index >= 15 is 0 Å². The maximum Gasteiger partial charge on any atom is 0.266 e. The smallest absolute Gasteiger partial charge is 0.266 e. The van der Waals surface area contributed by atoms with Gasteiger partial charge < -0.3 is 14.5 Å². The molecule has 1 heterocycles. The quantitative estimate of drug-likeness (QED) is 0.923. The van der Waals surface area contributed by atoms with E-state index in [2.05, 4.69) is 10.1 Å². The van der Waals surface area contributed by atoms with E-state index < -0.39 is 0 Å². The molecule has 2 rings (SSSR count). The minimum atomic E-state index is 0.0640. The normalized spacial score (nSPS) is 10.6. The number of nitrogens with zero attached hydrogens (tertiary/aromatic N) is 3. The van der Waals surface area contributed by atoms with Gasteiger partial charge >= 0.3 is 0 Å². The molecule has 0 fully saturated rings. The first-order valence-electron chi connectivity index (χ1n) is 5.73. The molecule has 0 spiro atoms. The van der Waals surface area contributed by atoms with Gasteiger partial charge in [0.2, 0.25) is 0 Å². The number of benzene rings is 1. The Morgan fingerprint density at radius 1 is 1.33 bits per heavy atom. The molecular formula is C12H14ClN3O2. The zero-order chi connectivity index (χ0) is 13.1. The Kier molecular flexibility index (Phi) is 3.72. The van der Waals surface area contributed by atoms with Crippen molar-refractivity contribution in [3.8, 4) is 17.2 Å². The van der Waals surface area contributed by atoms with Crippen LogP contribution < -0.4 is 4.90 Å². The van der Waals surface area contributed by atoms with Crippen molar-refractivity contribution in [2.24, 2.45) is 0 Å². The number of halogens is 1. The van der Waals surface area contributed by atoms with Crippen molar-refractivity contribution in [2.45, 2.75) is 13.8 Å². The number of phenolic OH excluding ortho intramolecular Hbond substituents is 1. The standard InChI is InChI=1S/C12H14ClN3O2/c1-3-16(4-2)12-14-11(18-15-12)9-7-8(13)5-6-10(9)17/h5-7,17H,3-4H2,1-2H3. The van der Waals surface area contributed by atoms with Crippen LogP contribution in [0, 0.1) is 0 Å². The van der Waals surface area contributed by atoms with E-state index in [9.17, 15) is 5.11 Å². The molecule has 1 aromatic carbocycles. The van der Waals surface area contributed by atoms with Crippen molar-refractivity contribution in [3.63, 3.8) is 0 Å². The molecule has 18 heavy (non-hydrogen) atoms. The third-order valence-electron chi connectivity index (χ3n) is 2.65. The van der Waals surface area contributed by atoms with E-state index in [1.807, 2.05) is 18.7 Å². The van der Waals surface area contributed by atoms with Crippen LogP contribution in [-0.2, 0) is 0 Å². The zero-order valence-corrected chi connectivity index (χ0v) is 11.0. The van der Waals surface area contributed by atoms with Crippen molar-refractivity contribution in [1.82, 2.24) is 10.1 Å². The van der Waals surface area contributed by atoms with Crippen LogP contribution in [0.15, 0.2) is 22.7 Å². The second-order valence-electron chi connectivity index (χ2n) is 3.73. The molecule has 0 radical (unpaired) electrons. The Labute approximate surface area is 110 Å². The fourth-order valence-electron chi connectivity index (χ4n) is 1.64. The zero-order valence-electron chi connectivity index (χ0n) is 10.2. The molecule has 0 bridgehead atoms. The van der Waals surface area contributed by atoms with E-state index in [0.29, 0.717) is 16.5 Å². The average molecular weight is 268 g/mol. The number of hydrogen-bond acceptors (Lipinski definition) is 5. The fraction of sp³-hybridized carbons (Fsp3) is 0.333. The number of anilines is 1. The molecule has 1 aromatic heterocycles. The lowest BCUT2D eigenvalue weighted by Crippen LogP contribution is -2.22. The summed E-state index contributed by atoms with van der Waals surface area (Å²) in [5.74, 6) is 0.834. The van der Waals surface area contributed by atoms with Crippen molar-refractivity contribution in [1.29, 1.82) is 0 Å². The molecule has 6 heteroatoms. The maximum atomic E-state index is 9.75. The molecule has 0 amide bonds. The molecule has 0 saturated heterocycles. The van der Waals surface area contributed by atoms with Crippen LogP contribution in [0.5, 0.6) is 5.75 Å². The van der Waals surface area contributed by atoms with Gasteiger partial charge in [-0.25, -0.2) is 0 Å². The third kappa shape index (κ3) is 2.41. The number of phenols is 1. The van der Waals surface area contributed by atoms with Gasteiger partial charge in [0.25, 0.3) is 11.8 Å². The van der Waals surface area contributed by atoms with E-state index in [4.69, 9.17) is 16.1 Å². The number of aromatic nitrogens is 2. The SMILES string of the molecule is CCN(CC)c1noc(-c2cc(Cl)ccc2O)n1. The second kappa shape index (κ2) is 5.27. The van der Waals surface area contributed by atoms with Crippen LogP contribution >= 0.6 is 11.6 Å². The lowest BCUT2D eigenvalue weighted by molar-refractivity contribution is 0.423. The first-order valence-corrected chi connectivity index (χ1v) is 6.11. The Morgan fingerprint density at radius 3 is 2.72 bits per heavy atom. The summed E-state index contributed by atoms with van der Waals surface area (Å²) < 4.78 is 5.15. The summed E-state index contributed by atoms with van der Waals surface area (Å²) in [6.45, 7) is 5.60. The highest BCUT2D eigenvalue weighted by molar-refractivity contribution is 6.30. The van der Waals surface area contributed by atoms with Gasteiger partial charge in [0.15, 0.2) is 0 Å². The topological polar surface area (TPSA) is 62.4 Å². The first kappa shape index (κ1) is 12.7. The molecular weight excluding hydrogens is 254 g/mol. The summed E-state index contributed by atoms with van der Waals surface area (Å²) in [4.78, 5) is 6.21. The van der Waals surface area contributed by atoms with Gasteiger partial charge in [-0.1, -0.05) is 11.6 Å². The average Bonchev–Trinajstić information content (AvgIpc) is 2.83. The Hall–Kier alpha value is -1.75. The van der Waals surface area contributed by atoms with Gasteiger partial charge in [0.1, 0.15) is 5.75 Å². The van der Waals surface area contributed by atoms with Gasteiger partial charge in [-0.3, -0.25) is 0 Å². The van der Waals surface area contributed by atoms with Crippen LogP contribution in [0.25, 0.3) is 11.5 Å². The van der Waals surface area contributed by atoms with Crippen molar-refractivity contribution in [3.05, 3.63) is 23.2 Å². The number of rotatable bonds is 4. The predicted molar refractivity (Wildman–Crippen MR) is 70.0 cm³/mol. The van der Waals surface area contributed by atoms with Crippen LogP contribution in [0.2, 0.25) is 5.02 Å². The van der Waals surface area contributed by atoms with Crippen molar-refractivity contribution >= 4 is 17.5 Å². The van der Waals surface area contributed by atoms with Gasteiger partial charge in [-0.05, 0) is 37.2 Å². The van der Waals surface area contributed by atoms with Gasteiger partial charge in [0.05, 0.1) is 5.56 Å². The summed E-state index contributed by atoms with van der Waals surface area (Å²) in [5, 5.41) is 14.1. The van der Waals surface area contributed by atoms with E-state index in [-0.39, 0.29) is 11.6 Å². The number of hydrogen-bond donors (Lipinski definition) is 1. The first-order chi connectivity index (χ1) is 8.65. The Bertz CT molecular complexity index is 538. The Morgan fingerprint density at radius 2 is 2.06 bits per heavy atom. The fourth-order valence-corrected chi connectivity index (χ4v) is 1.81. The van der Waals surface area contributed by atoms with Crippen molar-refractivity contribution < 1.29 is 9.63 Å². The second-order valence-corrected chi connectivity index (χ2v) is 4.17. The summed E-state index contributed by atoms with van der Waals surface area (Å²) >= 11 is 5.88.